The first-order valence-electron chi connectivity index (χ1n) is 7.83. The Morgan fingerprint density at radius 2 is 2.30 bits per heavy atom. The maximum Gasteiger partial charge on any atom is 0.246 e. The van der Waals surface area contributed by atoms with Gasteiger partial charge in [-0.25, -0.2) is 0 Å². The van der Waals surface area contributed by atoms with Crippen molar-refractivity contribution in [3.05, 3.63) is 60.9 Å². The van der Waals surface area contributed by atoms with Crippen molar-refractivity contribution in [2.24, 2.45) is 0 Å². The van der Waals surface area contributed by atoms with Crippen molar-refractivity contribution in [3.63, 3.8) is 0 Å². The summed E-state index contributed by atoms with van der Waals surface area (Å²) in [5.41, 5.74) is 1.05. The van der Waals surface area contributed by atoms with E-state index in [-0.39, 0.29) is 5.91 Å². The van der Waals surface area contributed by atoms with E-state index in [1.165, 1.54) is 6.08 Å². The fraction of sp³-hybridized carbons (Fsp3) is 0.333. The van der Waals surface area contributed by atoms with Gasteiger partial charge in [-0.1, -0.05) is 18.7 Å². The smallest absolute Gasteiger partial charge is 0.246 e. The zero-order chi connectivity index (χ0) is 16.5. The van der Waals surface area contributed by atoms with Crippen LogP contribution in [0.15, 0.2) is 55.4 Å². The fourth-order valence-electron chi connectivity index (χ4n) is 2.37. The molecule has 0 spiro atoms. The van der Waals surface area contributed by atoms with Crippen molar-refractivity contribution in [3.8, 4) is 5.75 Å². The Bertz CT molecular complexity index is 623. The zero-order valence-corrected chi connectivity index (χ0v) is 13.5. The summed E-state index contributed by atoms with van der Waals surface area (Å²) in [6.07, 6.45) is 5.88. The summed E-state index contributed by atoms with van der Waals surface area (Å²) in [7, 11) is 0. The number of hydrogen-bond acceptors (Lipinski definition) is 3. The maximum absolute atomic E-state index is 12.1. The highest BCUT2D eigenvalue weighted by Gasteiger charge is 2.11. The molecule has 1 amide bonds. The van der Waals surface area contributed by atoms with Crippen molar-refractivity contribution in [1.82, 2.24) is 14.7 Å². The van der Waals surface area contributed by atoms with E-state index < -0.39 is 0 Å². The highest BCUT2D eigenvalue weighted by molar-refractivity contribution is 5.86. The molecule has 0 unspecified atom stereocenters. The number of carbonyl (C=O) groups excluding carboxylic acids is 1. The molecule has 1 aromatic heterocycles. The quantitative estimate of drug-likeness (QED) is 0.669. The SMILES string of the molecule is C=CC(=O)N(CCCn1cccn1)Cc1cccc(OCC)c1. The van der Waals surface area contributed by atoms with Crippen LogP contribution in [0.5, 0.6) is 5.75 Å². The summed E-state index contributed by atoms with van der Waals surface area (Å²) in [4.78, 5) is 13.9. The Hall–Kier alpha value is -2.56. The average molecular weight is 313 g/mol. The van der Waals surface area contributed by atoms with Gasteiger partial charge in [0.25, 0.3) is 0 Å². The summed E-state index contributed by atoms with van der Waals surface area (Å²) < 4.78 is 7.38. The van der Waals surface area contributed by atoms with Crippen LogP contribution in [-0.2, 0) is 17.9 Å². The highest BCUT2D eigenvalue weighted by atomic mass is 16.5. The third-order valence-electron chi connectivity index (χ3n) is 3.44. The molecule has 23 heavy (non-hydrogen) atoms. The lowest BCUT2D eigenvalue weighted by atomic mass is 10.2. The summed E-state index contributed by atoms with van der Waals surface area (Å²) in [6.45, 7) is 8.16. The largest absolute Gasteiger partial charge is 0.494 e. The Kier molecular flexibility index (Phi) is 6.41. The molecule has 5 heteroatoms. The van der Waals surface area contributed by atoms with Crippen LogP contribution in [-0.4, -0.2) is 33.7 Å². The van der Waals surface area contributed by atoms with Crippen LogP contribution < -0.4 is 4.74 Å². The number of aryl methyl sites for hydroxylation is 1. The Labute approximate surface area is 137 Å². The summed E-state index contributed by atoms with van der Waals surface area (Å²) in [5.74, 6) is 0.764. The number of rotatable bonds is 9. The van der Waals surface area contributed by atoms with Gasteiger partial charge in [0.2, 0.25) is 5.91 Å². The Balaban J connectivity index is 1.96. The molecular formula is C18H23N3O2. The maximum atomic E-state index is 12.1. The number of aromatic nitrogens is 2. The highest BCUT2D eigenvalue weighted by Crippen LogP contribution is 2.15. The molecule has 0 fully saturated rings. The second-order valence-electron chi connectivity index (χ2n) is 5.17. The average Bonchev–Trinajstić information content (AvgIpc) is 3.07. The molecule has 0 saturated carbocycles. The van der Waals surface area contributed by atoms with Gasteiger partial charge in [0.15, 0.2) is 0 Å². The molecule has 1 heterocycles. The molecule has 1 aromatic carbocycles. The third-order valence-corrected chi connectivity index (χ3v) is 3.44. The standard InChI is InChI=1S/C18H23N3O2/c1-3-18(22)20(11-7-13-21-12-6-10-19-21)15-16-8-5-9-17(14-16)23-4-2/h3,5-6,8-10,12,14H,1,4,7,11,13,15H2,2H3. The molecule has 2 rings (SSSR count). The molecule has 2 aromatic rings. The minimum Gasteiger partial charge on any atom is -0.494 e. The third kappa shape index (κ3) is 5.29. The van der Waals surface area contributed by atoms with Gasteiger partial charge in [-0.2, -0.15) is 5.10 Å². The molecule has 0 atom stereocenters. The monoisotopic (exact) mass is 313 g/mol. The first-order valence-corrected chi connectivity index (χ1v) is 7.83. The van der Waals surface area contributed by atoms with E-state index in [0.717, 1.165) is 24.3 Å². The van der Waals surface area contributed by atoms with Crippen LogP contribution >= 0.6 is 0 Å². The van der Waals surface area contributed by atoms with Crippen molar-refractivity contribution in [1.29, 1.82) is 0 Å². The normalized spacial score (nSPS) is 10.3. The molecule has 0 aliphatic carbocycles. The Morgan fingerprint density at radius 1 is 1.43 bits per heavy atom. The number of benzene rings is 1. The minimum absolute atomic E-state index is 0.0627. The van der Waals surface area contributed by atoms with Crippen LogP contribution in [0.2, 0.25) is 0 Å². The summed E-state index contributed by atoms with van der Waals surface area (Å²) in [5, 5.41) is 4.17. The molecule has 5 nitrogen and oxygen atoms in total. The Morgan fingerprint density at radius 3 is 3.00 bits per heavy atom. The van der Waals surface area contributed by atoms with E-state index in [4.69, 9.17) is 4.74 Å². The molecular weight excluding hydrogens is 290 g/mol. The zero-order valence-electron chi connectivity index (χ0n) is 13.5. The van der Waals surface area contributed by atoms with E-state index in [2.05, 4.69) is 11.7 Å². The van der Waals surface area contributed by atoms with Crippen LogP contribution in [0.3, 0.4) is 0 Å². The first-order chi connectivity index (χ1) is 11.2. The van der Waals surface area contributed by atoms with Crippen molar-refractivity contribution < 1.29 is 9.53 Å². The predicted octanol–water partition coefficient (Wildman–Crippen LogP) is 2.89. The van der Waals surface area contributed by atoms with Gasteiger partial charge in [0, 0.05) is 32.0 Å². The van der Waals surface area contributed by atoms with Crippen molar-refractivity contribution in [2.45, 2.75) is 26.4 Å². The van der Waals surface area contributed by atoms with Gasteiger partial charge in [-0.15, -0.1) is 0 Å². The number of hydrogen-bond donors (Lipinski definition) is 0. The van der Waals surface area contributed by atoms with Crippen LogP contribution in [0.1, 0.15) is 18.9 Å². The van der Waals surface area contributed by atoms with E-state index in [9.17, 15) is 4.79 Å². The van der Waals surface area contributed by atoms with Crippen LogP contribution in [0, 0.1) is 0 Å². The number of nitrogens with zero attached hydrogens (tertiary/aromatic N) is 3. The van der Waals surface area contributed by atoms with Crippen LogP contribution in [0.25, 0.3) is 0 Å². The lowest BCUT2D eigenvalue weighted by Gasteiger charge is -2.21. The van der Waals surface area contributed by atoms with Gasteiger partial charge in [0.05, 0.1) is 6.61 Å². The molecule has 122 valence electrons. The first kappa shape index (κ1) is 16.8. The lowest BCUT2D eigenvalue weighted by molar-refractivity contribution is -0.126. The van der Waals surface area contributed by atoms with Gasteiger partial charge in [-0.05, 0) is 43.2 Å². The lowest BCUT2D eigenvalue weighted by Crippen LogP contribution is -2.30. The predicted molar refractivity (Wildman–Crippen MR) is 90.1 cm³/mol. The van der Waals surface area contributed by atoms with Crippen LogP contribution in [0.4, 0.5) is 0 Å². The molecule has 0 aliphatic heterocycles. The molecule has 0 N–H and O–H groups in total. The minimum atomic E-state index is -0.0627. The molecule has 0 saturated heterocycles. The fourth-order valence-corrected chi connectivity index (χ4v) is 2.37. The number of ether oxygens (including phenoxy) is 1. The number of amides is 1. The van der Waals surface area contributed by atoms with Gasteiger partial charge in [-0.3, -0.25) is 9.48 Å². The second-order valence-corrected chi connectivity index (χ2v) is 5.17. The van der Waals surface area contributed by atoms with E-state index in [1.54, 1.807) is 11.1 Å². The topological polar surface area (TPSA) is 47.4 Å². The summed E-state index contributed by atoms with van der Waals surface area (Å²) >= 11 is 0. The van der Waals surface area contributed by atoms with E-state index in [1.807, 2.05) is 48.1 Å². The van der Waals surface area contributed by atoms with Crippen molar-refractivity contribution in [2.75, 3.05) is 13.2 Å². The van der Waals surface area contributed by atoms with Crippen molar-refractivity contribution >= 4 is 5.91 Å². The van der Waals surface area contributed by atoms with Gasteiger partial charge in [0.1, 0.15) is 5.75 Å². The van der Waals surface area contributed by atoms with E-state index in [0.29, 0.717) is 19.7 Å². The number of carbonyl (C=O) groups is 1. The second kappa shape index (κ2) is 8.78. The van der Waals surface area contributed by atoms with Gasteiger partial charge < -0.3 is 9.64 Å². The summed E-state index contributed by atoms with van der Waals surface area (Å²) in [6, 6.07) is 9.73. The molecule has 0 radical (unpaired) electrons. The molecule has 0 bridgehead atoms. The van der Waals surface area contributed by atoms with Gasteiger partial charge >= 0.3 is 0 Å². The molecule has 0 aliphatic rings. The van der Waals surface area contributed by atoms with E-state index >= 15 is 0 Å².